The Morgan fingerprint density at radius 2 is 1.86 bits per heavy atom. The molecule has 1 aliphatic rings. The molecule has 0 saturated carbocycles. The number of carbonyl (C=O) groups excluding carboxylic acids is 1. The molecule has 1 aromatic heterocycles. The molecule has 0 aliphatic carbocycles. The number of nitrogens with zero attached hydrogens (tertiary/aromatic N) is 2. The fourth-order valence-corrected chi connectivity index (χ4v) is 2.56. The molecule has 1 amide bonds. The fraction of sp³-hybridized carbons (Fsp3) is 0.250. The summed E-state index contributed by atoms with van der Waals surface area (Å²) in [6.07, 6.45) is 1.80. The Balaban J connectivity index is 2.00. The van der Waals surface area contributed by atoms with Gasteiger partial charge in [0, 0.05) is 37.9 Å². The summed E-state index contributed by atoms with van der Waals surface area (Å²) in [4.78, 5) is 18.4. The van der Waals surface area contributed by atoms with Crippen molar-refractivity contribution in [3.8, 4) is 11.1 Å². The van der Waals surface area contributed by atoms with E-state index in [1.807, 2.05) is 36.4 Å². The Morgan fingerprint density at radius 1 is 1.14 bits per heavy atom. The Bertz CT molecular complexity index is 636. The first-order valence-electron chi connectivity index (χ1n) is 7.06. The lowest BCUT2D eigenvalue weighted by Crippen LogP contribution is -2.44. The maximum Gasteiger partial charge on any atom is 0.252 e. The van der Waals surface area contributed by atoms with Crippen molar-refractivity contribution < 1.29 is 4.79 Å². The summed E-state index contributed by atoms with van der Waals surface area (Å²) >= 11 is 0. The molecule has 3 N–H and O–H groups in total. The second-order valence-corrected chi connectivity index (χ2v) is 5.06. The highest BCUT2D eigenvalue weighted by atomic mass is 16.1. The predicted octanol–water partition coefficient (Wildman–Crippen LogP) is 1.26. The third-order valence-corrected chi connectivity index (χ3v) is 3.66. The van der Waals surface area contributed by atoms with E-state index in [0.29, 0.717) is 11.4 Å². The fourth-order valence-electron chi connectivity index (χ4n) is 2.56. The van der Waals surface area contributed by atoms with Crippen LogP contribution in [0.4, 0.5) is 5.82 Å². The van der Waals surface area contributed by atoms with Gasteiger partial charge < -0.3 is 16.0 Å². The first-order chi connectivity index (χ1) is 10.3. The van der Waals surface area contributed by atoms with Crippen LogP contribution in [0.15, 0.2) is 42.6 Å². The number of primary amides is 1. The van der Waals surface area contributed by atoms with Crippen molar-refractivity contribution in [1.82, 2.24) is 10.3 Å². The van der Waals surface area contributed by atoms with Crippen LogP contribution < -0.4 is 16.0 Å². The number of benzene rings is 1. The molecular formula is C16H18N4O. The standard InChI is InChI=1S/C16H18N4O/c17-15(21)14-10-13(12-4-2-1-3-5-12)11-19-16(14)20-8-6-18-7-9-20/h1-5,10-11,18H,6-9H2,(H2,17,21). The van der Waals surface area contributed by atoms with Crippen molar-refractivity contribution in [2.75, 3.05) is 31.1 Å². The van der Waals surface area contributed by atoms with Crippen LogP contribution in [-0.4, -0.2) is 37.1 Å². The molecule has 5 heteroatoms. The summed E-state index contributed by atoms with van der Waals surface area (Å²) in [5, 5.41) is 3.28. The lowest BCUT2D eigenvalue weighted by molar-refractivity contribution is 0.100. The Kier molecular flexibility index (Phi) is 3.83. The van der Waals surface area contributed by atoms with Gasteiger partial charge >= 0.3 is 0 Å². The molecule has 108 valence electrons. The van der Waals surface area contributed by atoms with Gasteiger partial charge in [-0.15, -0.1) is 0 Å². The van der Waals surface area contributed by atoms with Crippen LogP contribution >= 0.6 is 0 Å². The molecule has 2 aromatic rings. The monoisotopic (exact) mass is 282 g/mol. The van der Waals surface area contributed by atoms with E-state index >= 15 is 0 Å². The van der Waals surface area contributed by atoms with Gasteiger partial charge in [0.05, 0.1) is 5.56 Å². The summed E-state index contributed by atoms with van der Waals surface area (Å²) in [6.45, 7) is 3.44. The van der Waals surface area contributed by atoms with Gasteiger partial charge in [-0.3, -0.25) is 4.79 Å². The summed E-state index contributed by atoms with van der Waals surface area (Å²) in [5.41, 5.74) is 7.96. The SMILES string of the molecule is NC(=O)c1cc(-c2ccccc2)cnc1N1CCNCC1. The highest BCUT2D eigenvalue weighted by molar-refractivity contribution is 5.99. The molecule has 0 spiro atoms. The Hall–Kier alpha value is -2.40. The van der Waals surface area contributed by atoms with Crippen LogP contribution in [0, 0.1) is 0 Å². The van der Waals surface area contributed by atoms with Gasteiger partial charge in [-0.25, -0.2) is 4.98 Å². The quantitative estimate of drug-likeness (QED) is 0.889. The summed E-state index contributed by atoms with van der Waals surface area (Å²) < 4.78 is 0. The average Bonchev–Trinajstić information content (AvgIpc) is 2.56. The number of piperazine rings is 1. The minimum absolute atomic E-state index is 0.436. The van der Waals surface area contributed by atoms with Gasteiger partial charge in [0.15, 0.2) is 0 Å². The molecule has 0 unspecified atom stereocenters. The van der Waals surface area contributed by atoms with Crippen LogP contribution in [0.25, 0.3) is 11.1 Å². The molecule has 0 bridgehead atoms. The van der Waals surface area contributed by atoms with Crippen molar-refractivity contribution in [1.29, 1.82) is 0 Å². The van der Waals surface area contributed by atoms with E-state index < -0.39 is 5.91 Å². The van der Waals surface area contributed by atoms with Crippen LogP contribution in [0.5, 0.6) is 0 Å². The molecule has 21 heavy (non-hydrogen) atoms. The normalized spacial score (nSPS) is 15.0. The molecule has 1 fully saturated rings. The number of nitrogens with two attached hydrogens (primary N) is 1. The lowest BCUT2D eigenvalue weighted by Gasteiger charge is -2.29. The Morgan fingerprint density at radius 3 is 2.52 bits per heavy atom. The number of carbonyl (C=O) groups is 1. The molecule has 1 saturated heterocycles. The second kappa shape index (κ2) is 5.93. The van der Waals surface area contributed by atoms with Gasteiger partial charge in [0.1, 0.15) is 5.82 Å². The molecule has 2 heterocycles. The molecule has 3 rings (SSSR count). The van der Waals surface area contributed by atoms with E-state index in [0.717, 1.165) is 37.3 Å². The van der Waals surface area contributed by atoms with Gasteiger partial charge in [0.25, 0.3) is 5.91 Å². The molecule has 1 aromatic carbocycles. The summed E-state index contributed by atoms with van der Waals surface area (Å²) in [7, 11) is 0. The lowest BCUT2D eigenvalue weighted by atomic mass is 10.0. The predicted molar refractivity (Wildman–Crippen MR) is 83.3 cm³/mol. The third kappa shape index (κ3) is 2.87. The summed E-state index contributed by atoms with van der Waals surface area (Å²) in [6, 6.07) is 11.7. The summed E-state index contributed by atoms with van der Waals surface area (Å²) in [5.74, 6) is 0.248. The number of hydrogen-bond acceptors (Lipinski definition) is 4. The van der Waals surface area contributed by atoms with Gasteiger partial charge in [-0.05, 0) is 11.6 Å². The van der Waals surface area contributed by atoms with E-state index in [1.165, 1.54) is 0 Å². The maximum absolute atomic E-state index is 11.8. The first kappa shape index (κ1) is 13.6. The third-order valence-electron chi connectivity index (χ3n) is 3.66. The first-order valence-corrected chi connectivity index (χ1v) is 7.06. The van der Waals surface area contributed by atoms with Gasteiger partial charge in [0.2, 0.25) is 0 Å². The van der Waals surface area contributed by atoms with E-state index in [4.69, 9.17) is 5.73 Å². The van der Waals surface area contributed by atoms with Crippen LogP contribution in [0.3, 0.4) is 0 Å². The smallest absolute Gasteiger partial charge is 0.252 e. The highest BCUT2D eigenvalue weighted by Crippen LogP contribution is 2.25. The maximum atomic E-state index is 11.8. The van der Waals surface area contributed by atoms with Crippen molar-refractivity contribution in [2.24, 2.45) is 5.73 Å². The van der Waals surface area contributed by atoms with E-state index in [2.05, 4.69) is 15.2 Å². The minimum atomic E-state index is -0.436. The van der Waals surface area contributed by atoms with E-state index in [-0.39, 0.29) is 0 Å². The Labute approximate surface area is 123 Å². The van der Waals surface area contributed by atoms with Crippen molar-refractivity contribution in [3.05, 3.63) is 48.2 Å². The molecular weight excluding hydrogens is 264 g/mol. The topological polar surface area (TPSA) is 71.2 Å². The van der Waals surface area contributed by atoms with E-state index in [1.54, 1.807) is 6.20 Å². The van der Waals surface area contributed by atoms with Crippen LogP contribution in [0.2, 0.25) is 0 Å². The van der Waals surface area contributed by atoms with Gasteiger partial charge in [-0.2, -0.15) is 0 Å². The number of hydrogen-bond donors (Lipinski definition) is 2. The second-order valence-electron chi connectivity index (χ2n) is 5.06. The number of rotatable bonds is 3. The molecule has 0 atom stereocenters. The number of amides is 1. The van der Waals surface area contributed by atoms with Crippen molar-refractivity contribution >= 4 is 11.7 Å². The zero-order valence-electron chi connectivity index (χ0n) is 11.7. The van der Waals surface area contributed by atoms with Crippen LogP contribution in [-0.2, 0) is 0 Å². The van der Waals surface area contributed by atoms with Gasteiger partial charge in [-0.1, -0.05) is 30.3 Å². The van der Waals surface area contributed by atoms with E-state index in [9.17, 15) is 4.79 Å². The zero-order chi connectivity index (χ0) is 14.7. The highest BCUT2D eigenvalue weighted by Gasteiger charge is 2.19. The molecule has 1 aliphatic heterocycles. The minimum Gasteiger partial charge on any atom is -0.365 e. The average molecular weight is 282 g/mol. The van der Waals surface area contributed by atoms with Crippen molar-refractivity contribution in [3.63, 3.8) is 0 Å². The number of anilines is 1. The number of nitrogens with one attached hydrogen (secondary N) is 1. The van der Waals surface area contributed by atoms with Crippen LogP contribution in [0.1, 0.15) is 10.4 Å². The van der Waals surface area contributed by atoms with Crippen molar-refractivity contribution in [2.45, 2.75) is 0 Å². The largest absolute Gasteiger partial charge is 0.365 e. The number of pyridine rings is 1. The molecule has 0 radical (unpaired) electrons. The zero-order valence-corrected chi connectivity index (χ0v) is 11.7. The molecule has 5 nitrogen and oxygen atoms in total. The number of aromatic nitrogens is 1.